The maximum atomic E-state index is 6.39. The Hall–Kier alpha value is -2.12. The fourth-order valence-corrected chi connectivity index (χ4v) is 3.86. The summed E-state index contributed by atoms with van der Waals surface area (Å²) in [6.07, 6.45) is 1.87. The van der Waals surface area contributed by atoms with Gasteiger partial charge in [0.25, 0.3) is 0 Å². The summed E-state index contributed by atoms with van der Waals surface area (Å²) >= 11 is 6.39. The van der Waals surface area contributed by atoms with Crippen LogP contribution >= 0.6 is 11.6 Å². The Bertz CT molecular complexity index is 832. The van der Waals surface area contributed by atoms with E-state index in [2.05, 4.69) is 45.6 Å². The largest absolute Gasteiger partial charge is 0.377 e. The van der Waals surface area contributed by atoms with Crippen molar-refractivity contribution in [1.82, 2.24) is 25.4 Å². The molecule has 2 N–H and O–H groups in total. The van der Waals surface area contributed by atoms with Crippen molar-refractivity contribution in [3.8, 4) is 0 Å². The highest BCUT2D eigenvalue weighted by Gasteiger charge is 2.25. The molecule has 0 aliphatic carbocycles. The first kappa shape index (κ1) is 20.6. The van der Waals surface area contributed by atoms with Crippen LogP contribution in [-0.4, -0.2) is 47.5 Å². The van der Waals surface area contributed by atoms with Gasteiger partial charge in [-0.1, -0.05) is 43.6 Å². The Balaban J connectivity index is 1.58. The van der Waals surface area contributed by atoms with Crippen LogP contribution in [0.15, 0.2) is 29.3 Å². The molecule has 1 aromatic heterocycles. The molecule has 7 nitrogen and oxygen atoms in total. The normalized spacial score (nSPS) is 17.3. The van der Waals surface area contributed by atoms with Gasteiger partial charge < -0.3 is 15.4 Å². The SMILES string of the molecule is CN=C(NCC(C)(C)c1ccccc1Cl)NC1CCc2nc(COC)nn2C1. The van der Waals surface area contributed by atoms with E-state index in [4.69, 9.17) is 16.3 Å². The Morgan fingerprint density at radius 3 is 2.89 bits per heavy atom. The lowest BCUT2D eigenvalue weighted by Crippen LogP contribution is -2.49. The smallest absolute Gasteiger partial charge is 0.191 e. The standard InChI is InChI=1S/C20H29ClN6O/c1-20(2,15-7-5-6-8-16(15)21)13-23-19(22-3)24-14-9-10-18-25-17(12-28-4)26-27(18)11-14/h5-8,14H,9-13H2,1-4H3,(H2,22,23,24). The number of hydrogen-bond donors (Lipinski definition) is 2. The van der Waals surface area contributed by atoms with Crippen LogP contribution < -0.4 is 10.6 Å². The number of guanidine groups is 1. The highest BCUT2D eigenvalue weighted by atomic mass is 35.5. The fraction of sp³-hybridized carbons (Fsp3) is 0.550. The van der Waals surface area contributed by atoms with Crippen LogP contribution in [0.3, 0.4) is 0 Å². The minimum Gasteiger partial charge on any atom is -0.377 e. The Kier molecular flexibility index (Phi) is 6.57. The summed E-state index contributed by atoms with van der Waals surface area (Å²) < 4.78 is 7.10. The van der Waals surface area contributed by atoms with Crippen LogP contribution in [0.1, 0.15) is 37.5 Å². The zero-order valence-electron chi connectivity index (χ0n) is 17.0. The van der Waals surface area contributed by atoms with Crippen molar-refractivity contribution in [3.63, 3.8) is 0 Å². The van der Waals surface area contributed by atoms with Gasteiger partial charge in [-0.25, -0.2) is 9.67 Å². The van der Waals surface area contributed by atoms with Crippen LogP contribution in [0.5, 0.6) is 0 Å². The molecule has 1 unspecified atom stereocenters. The van der Waals surface area contributed by atoms with E-state index < -0.39 is 0 Å². The van der Waals surface area contributed by atoms with Crippen LogP contribution in [-0.2, 0) is 29.7 Å². The van der Waals surface area contributed by atoms with Gasteiger partial charge in [-0.3, -0.25) is 4.99 Å². The Labute approximate surface area is 171 Å². The number of halogens is 1. The number of aliphatic imine (C=N–C) groups is 1. The van der Waals surface area contributed by atoms with E-state index in [1.54, 1.807) is 14.2 Å². The van der Waals surface area contributed by atoms with Crippen molar-refractivity contribution >= 4 is 17.6 Å². The Morgan fingerprint density at radius 1 is 1.39 bits per heavy atom. The maximum Gasteiger partial charge on any atom is 0.191 e. The summed E-state index contributed by atoms with van der Waals surface area (Å²) in [4.78, 5) is 8.91. The van der Waals surface area contributed by atoms with Crippen LogP contribution in [0.2, 0.25) is 5.02 Å². The number of ether oxygens (including phenoxy) is 1. The van der Waals surface area contributed by atoms with Crippen LogP contribution in [0.4, 0.5) is 0 Å². The minimum atomic E-state index is -0.128. The lowest BCUT2D eigenvalue weighted by molar-refractivity contribution is 0.177. The number of rotatable bonds is 6. The van der Waals surface area contributed by atoms with E-state index >= 15 is 0 Å². The van der Waals surface area contributed by atoms with Gasteiger partial charge in [0.05, 0.1) is 6.54 Å². The molecule has 1 aromatic carbocycles. The zero-order valence-corrected chi connectivity index (χ0v) is 17.8. The third-order valence-electron chi connectivity index (χ3n) is 5.04. The lowest BCUT2D eigenvalue weighted by atomic mass is 9.84. The number of aryl methyl sites for hydroxylation is 1. The van der Waals surface area contributed by atoms with Crippen LogP contribution in [0, 0.1) is 0 Å². The third kappa shape index (κ3) is 4.83. The molecule has 2 heterocycles. The quantitative estimate of drug-likeness (QED) is 0.571. The molecule has 1 aliphatic heterocycles. The first-order valence-corrected chi connectivity index (χ1v) is 9.94. The van der Waals surface area contributed by atoms with Gasteiger partial charge in [0.2, 0.25) is 0 Å². The number of aromatic nitrogens is 3. The zero-order chi connectivity index (χ0) is 20.1. The van der Waals surface area contributed by atoms with Gasteiger partial charge in [0.1, 0.15) is 12.4 Å². The van der Waals surface area contributed by atoms with Crippen LogP contribution in [0.25, 0.3) is 0 Å². The number of nitrogens with one attached hydrogen (secondary N) is 2. The summed E-state index contributed by atoms with van der Waals surface area (Å²) in [5.41, 5.74) is 0.992. The molecular weight excluding hydrogens is 376 g/mol. The predicted octanol–water partition coefficient (Wildman–Crippen LogP) is 2.54. The molecule has 152 valence electrons. The minimum absolute atomic E-state index is 0.128. The molecule has 3 rings (SSSR count). The van der Waals surface area contributed by atoms with E-state index in [0.717, 1.165) is 54.1 Å². The van der Waals surface area contributed by atoms with Gasteiger partial charge in [-0.05, 0) is 18.1 Å². The number of benzene rings is 1. The number of hydrogen-bond acceptors (Lipinski definition) is 4. The highest BCUT2D eigenvalue weighted by molar-refractivity contribution is 6.31. The van der Waals surface area contributed by atoms with E-state index in [1.165, 1.54) is 0 Å². The molecular formula is C20H29ClN6O. The molecule has 0 spiro atoms. The molecule has 1 aliphatic rings. The van der Waals surface area contributed by atoms with Gasteiger partial charge >= 0.3 is 0 Å². The molecule has 0 amide bonds. The van der Waals surface area contributed by atoms with Crippen molar-refractivity contribution in [2.45, 2.75) is 51.3 Å². The van der Waals surface area contributed by atoms with Gasteiger partial charge in [0, 0.05) is 43.6 Å². The topological polar surface area (TPSA) is 76.4 Å². The van der Waals surface area contributed by atoms with E-state index in [-0.39, 0.29) is 11.5 Å². The molecule has 0 bridgehead atoms. The average Bonchev–Trinajstić information content (AvgIpc) is 3.07. The summed E-state index contributed by atoms with van der Waals surface area (Å²) in [5, 5.41) is 12.3. The molecule has 28 heavy (non-hydrogen) atoms. The molecule has 0 saturated carbocycles. The Morgan fingerprint density at radius 2 is 2.18 bits per heavy atom. The van der Waals surface area contributed by atoms with Crippen molar-refractivity contribution in [2.24, 2.45) is 4.99 Å². The monoisotopic (exact) mass is 404 g/mol. The molecule has 0 radical (unpaired) electrons. The first-order chi connectivity index (χ1) is 13.4. The summed E-state index contributed by atoms with van der Waals surface area (Å²) in [5.74, 6) is 2.54. The van der Waals surface area contributed by atoms with Gasteiger partial charge in [-0.2, -0.15) is 5.10 Å². The van der Waals surface area contributed by atoms with Crippen molar-refractivity contribution < 1.29 is 4.74 Å². The average molecular weight is 405 g/mol. The molecule has 1 atom stereocenters. The third-order valence-corrected chi connectivity index (χ3v) is 5.37. The summed E-state index contributed by atoms with van der Waals surface area (Å²) in [7, 11) is 3.45. The second-order valence-corrected chi connectivity index (χ2v) is 8.14. The highest BCUT2D eigenvalue weighted by Crippen LogP contribution is 2.29. The fourth-order valence-electron chi connectivity index (χ4n) is 3.47. The van der Waals surface area contributed by atoms with Gasteiger partial charge in [0.15, 0.2) is 11.8 Å². The molecule has 0 fully saturated rings. The first-order valence-electron chi connectivity index (χ1n) is 9.56. The van der Waals surface area contributed by atoms with Crippen molar-refractivity contribution in [3.05, 3.63) is 46.5 Å². The number of fused-ring (bicyclic) bond motifs is 1. The van der Waals surface area contributed by atoms with Gasteiger partial charge in [-0.15, -0.1) is 0 Å². The lowest BCUT2D eigenvalue weighted by Gasteiger charge is -2.30. The molecule has 0 saturated heterocycles. The maximum absolute atomic E-state index is 6.39. The summed E-state index contributed by atoms with van der Waals surface area (Å²) in [6.45, 7) is 6.27. The van der Waals surface area contributed by atoms with Crippen molar-refractivity contribution in [2.75, 3.05) is 20.7 Å². The van der Waals surface area contributed by atoms with E-state index in [9.17, 15) is 0 Å². The number of nitrogens with zero attached hydrogens (tertiary/aromatic N) is 4. The predicted molar refractivity (Wildman–Crippen MR) is 112 cm³/mol. The number of methoxy groups -OCH3 is 1. The molecule has 8 heteroatoms. The summed E-state index contributed by atoms with van der Waals surface area (Å²) in [6, 6.07) is 8.23. The second kappa shape index (κ2) is 8.92. The van der Waals surface area contributed by atoms with E-state index in [1.807, 2.05) is 22.9 Å². The van der Waals surface area contributed by atoms with E-state index in [0.29, 0.717) is 6.61 Å². The molecule has 2 aromatic rings. The second-order valence-electron chi connectivity index (χ2n) is 7.73. The van der Waals surface area contributed by atoms with Crippen molar-refractivity contribution in [1.29, 1.82) is 0 Å².